The van der Waals surface area contributed by atoms with Crippen LogP contribution in [0.4, 0.5) is 11.4 Å². The normalized spacial score (nSPS) is 14.2. The Morgan fingerprint density at radius 3 is 2.78 bits per heavy atom. The maximum atomic E-state index is 12.6. The number of aromatic nitrogens is 3. The number of benzene rings is 1. The molecule has 0 radical (unpaired) electrons. The fourth-order valence-electron chi connectivity index (χ4n) is 2.74. The number of carbonyl (C=O) groups excluding carboxylic acids is 1. The van der Waals surface area contributed by atoms with Crippen LogP contribution in [0.25, 0.3) is 0 Å². The molecule has 0 spiro atoms. The number of morpholine rings is 1. The molecule has 3 rings (SSSR count). The maximum absolute atomic E-state index is 12.6. The number of nitro groups is 1. The minimum atomic E-state index is -0.468. The molecule has 1 saturated heterocycles. The Balaban J connectivity index is 1.86. The lowest BCUT2D eigenvalue weighted by Crippen LogP contribution is -2.36. The van der Waals surface area contributed by atoms with Crippen molar-refractivity contribution in [2.75, 3.05) is 42.4 Å². The van der Waals surface area contributed by atoms with E-state index >= 15 is 0 Å². The summed E-state index contributed by atoms with van der Waals surface area (Å²) in [6.07, 6.45) is 0. The van der Waals surface area contributed by atoms with E-state index in [1.807, 2.05) is 11.8 Å². The maximum Gasteiger partial charge on any atom is 0.293 e. The van der Waals surface area contributed by atoms with Crippen LogP contribution in [0.3, 0.4) is 0 Å². The van der Waals surface area contributed by atoms with Crippen LogP contribution >= 0.6 is 11.8 Å². The first-order valence-electron chi connectivity index (χ1n) is 8.48. The number of nitrogens with zero attached hydrogens (tertiary/aromatic N) is 5. The Kier molecular flexibility index (Phi) is 5.91. The Morgan fingerprint density at radius 1 is 1.37 bits per heavy atom. The second kappa shape index (κ2) is 8.35. The van der Waals surface area contributed by atoms with E-state index in [4.69, 9.17) is 4.74 Å². The van der Waals surface area contributed by atoms with Gasteiger partial charge in [0, 0.05) is 24.7 Å². The van der Waals surface area contributed by atoms with Gasteiger partial charge < -0.3 is 9.64 Å². The van der Waals surface area contributed by atoms with E-state index in [9.17, 15) is 14.9 Å². The molecular formula is C16H20N6O4S. The Hall–Kier alpha value is -2.66. The molecule has 144 valence electrons. The van der Waals surface area contributed by atoms with Crippen molar-refractivity contribution in [1.82, 2.24) is 14.9 Å². The van der Waals surface area contributed by atoms with Gasteiger partial charge in [0.2, 0.25) is 5.16 Å². The number of thioether (sulfide) groups is 1. The number of aryl methyl sites for hydroxylation is 1. The largest absolute Gasteiger partial charge is 0.378 e. The first-order valence-corrected chi connectivity index (χ1v) is 9.47. The number of rotatable bonds is 6. The van der Waals surface area contributed by atoms with Crippen molar-refractivity contribution in [1.29, 1.82) is 0 Å². The van der Waals surface area contributed by atoms with Crippen molar-refractivity contribution in [3.8, 4) is 0 Å². The molecule has 1 aromatic carbocycles. The van der Waals surface area contributed by atoms with Gasteiger partial charge >= 0.3 is 0 Å². The average Bonchev–Trinajstić information content (AvgIpc) is 3.02. The minimum Gasteiger partial charge on any atom is -0.378 e. The molecule has 0 aliphatic carbocycles. The Labute approximate surface area is 160 Å². The fraction of sp³-hybridized carbons (Fsp3) is 0.438. The van der Waals surface area contributed by atoms with E-state index in [-0.39, 0.29) is 11.3 Å². The molecule has 11 heteroatoms. The van der Waals surface area contributed by atoms with Gasteiger partial charge in [0.1, 0.15) is 11.5 Å². The van der Waals surface area contributed by atoms with Crippen molar-refractivity contribution in [3.05, 3.63) is 39.7 Å². The zero-order chi connectivity index (χ0) is 19.4. The van der Waals surface area contributed by atoms with Crippen LogP contribution in [-0.2, 0) is 4.74 Å². The van der Waals surface area contributed by atoms with Gasteiger partial charge in [-0.25, -0.2) is 4.68 Å². The van der Waals surface area contributed by atoms with Crippen LogP contribution in [0.15, 0.2) is 23.4 Å². The van der Waals surface area contributed by atoms with Crippen molar-refractivity contribution < 1.29 is 14.5 Å². The highest BCUT2D eigenvalue weighted by atomic mass is 32.2. The van der Waals surface area contributed by atoms with Crippen molar-refractivity contribution in [2.45, 2.75) is 19.0 Å². The van der Waals surface area contributed by atoms with Crippen LogP contribution in [0, 0.1) is 17.0 Å². The zero-order valence-corrected chi connectivity index (χ0v) is 15.9. The van der Waals surface area contributed by atoms with Gasteiger partial charge in [0.15, 0.2) is 0 Å². The van der Waals surface area contributed by atoms with Gasteiger partial charge in [-0.15, -0.1) is 10.2 Å². The van der Waals surface area contributed by atoms with Crippen molar-refractivity contribution in [2.24, 2.45) is 0 Å². The lowest BCUT2D eigenvalue weighted by molar-refractivity contribution is -0.384. The first kappa shape index (κ1) is 19.1. The summed E-state index contributed by atoms with van der Waals surface area (Å²) < 4.78 is 6.78. The third-order valence-corrected chi connectivity index (χ3v) is 4.88. The molecule has 1 N–H and O–H groups in total. The summed E-state index contributed by atoms with van der Waals surface area (Å²) in [6, 6.07) is 4.49. The smallest absolute Gasteiger partial charge is 0.293 e. The molecule has 0 unspecified atom stereocenters. The standard InChI is InChI=1S/C16H20N6O4S/c1-3-27-16-18-17-11(2)21(16)19-15(23)12-4-5-13(14(10-12)22(24)25)20-6-8-26-9-7-20/h4-5,10H,3,6-9H2,1-2H3,(H,19,23). The molecule has 27 heavy (non-hydrogen) atoms. The van der Waals surface area contributed by atoms with E-state index in [0.29, 0.717) is 43.0 Å². The van der Waals surface area contributed by atoms with Crippen LogP contribution < -0.4 is 10.3 Å². The number of anilines is 1. The topological polar surface area (TPSA) is 115 Å². The molecule has 0 bridgehead atoms. The SMILES string of the molecule is CCSc1nnc(C)n1NC(=O)c1ccc(N2CCOCC2)c([N+](=O)[O-])c1. The lowest BCUT2D eigenvalue weighted by Gasteiger charge is -2.28. The molecule has 10 nitrogen and oxygen atoms in total. The summed E-state index contributed by atoms with van der Waals surface area (Å²) in [7, 11) is 0. The predicted octanol–water partition coefficient (Wildman–Crippen LogP) is 1.83. The number of amides is 1. The number of ether oxygens (including phenoxy) is 1. The molecule has 2 aromatic rings. The van der Waals surface area contributed by atoms with Crippen LogP contribution in [0.5, 0.6) is 0 Å². The second-order valence-electron chi connectivity index (χ2n) is 5.80. The number of nitrogens with one attached hydrogen (secondary N) is 1. The summed E-state index contributed by atoms with van der Waals surface area (Å²) in [4.78, 5) is 25.6. The molecule has 0 atom stereocenters. The highest BCUT2D eigenvalue weighted by Gasteiger charge is 2.24. The average molecular weight is 392 g/mol. The summed E-state index contributed by atoms with van der Waals surface area (Å²) in [6.45, 7) is 5.87. The van der Waals surface area contributed by atoms with Gasteiger partial charge in [-0.05, 0) is 24.8 Å². The van der Waals surface area contributed by atoms with Gasteiger partial charge in [-0.1, -0.05) is 18.7 Å². The molecule has 1 aliphatic rings. The minimum absolute atomic E-state index is 0.104. The summed E-state index contributed by atoms with van der Waals surface area (Å²) in [5.74, 6) is 0.833. The van der Waals surface area contributed by atoms with Crippen LogP contribution in [0.2, 0.25) is 0 Å². The highest BCUT2D eigenvalue weighted by Crippen LogP contribution is 2.30. The molecule has 0 saturated carbocycles. The molecule has 1 amide bonds. The summed E-state index contributed by atoms with van der Waals surface area (Å²) in [5, 5.41) is 20.1. The van der Waals surface area contributed by atoms with Gasteiger partial charge in [0.25, 0.3) is 11.6 Å². The molecule has 1 aliphatic heterocycles. The van der Waals surface area contributed by atoms with Crippen LogP contribution in [0.1, 0.15) is 23.1 Å². The lowest BCUT2D eigenvalue weighted by atomic mass is 10.1. The van der Waals surface area contributed by atoms with Gasteiger partial charge in [0.05, 0.1) is 18.1 Å². The first-order chi connectivity index (χ1) is 13.0. The third kappa shape index (κ3) is 4.19. The second-order valence-corrected chi connectivity index (χ2v) is 7.03. The third-order valence-electron chi connectivity index (χ3n) is 4.07. The van der Waals surface area contributed by atoms with Crippen molar-refractivity contribution >= 4 is 29.0 Å². The van der Waals surface area contributed by atoms with Crippen LogP contribution in [-0.4, -0.2) is 57.8 Å². The van der Waals surface area contributed by atoms with Gasteiger partial charge in [-0.2, -0.15) is 0 Å². The summed E-state index contributed by atoms with van der Waals surface area (Å²) >= 11 is 1.44. The van der Waals surface area contributed by atoms with E-state index < -0.39 is 10.8 Å². The van der Waals surface area contributed by atoms with E-state index in [1.165, 1.54) is 22.5 Å². The Bertz CT molecular complexity index is 849. The Morgan fingerprint density at radius 2 is 2.11 bits per heavy atom. The predicted molar refractivity (Wildman–Crippen MR) is 101 cm³/mol. The molecule has 1 aromatic heterocycles. The number of nitro benzene ring substituents is 1. The quantitative estimate of drug-likeness (QED) is 0.450. The van der Waals surface area contributed by atoms with Gasteiger partial charge in [-0.3, -0.25) is 20.3 Å². The fourth-order valence-corrected chi connectivity index (χ4v) is 3.41. The van der Waals surface area contributed by atoms with Crippen molar-refractivity contribution in [3.63, 3.8) is 0 Å². The zero-order valence-electron chi connectivity index (χ0n) is 15.0. The highest BCUT2D eigenvalue weighted by molar-refractivity contribution is 7.99. The summed E-state index contributed by atoms with van der Waals surface area (Å²) in [5.41, 5.74) is 3.28. The molecule has 2 heterocycles. The number of hydrogen-bond donors (Lipinski definition) is 1. The van der Waals surface area contributed by atoms with E-state index in [0.717, 1.165) is 5.75 Å². The molecular weight excluding hydrogens is 372 g/mol. The number of carbonyl (C=O) groups is 1. The van der Waals surface area contributed by atoms with E-state index in [2.05, 4.69) is 15.6 Å². The van der Waals surface area contributed by atoms with E-state index in [1.54, 1.807) is 19.1 Å². The monoisotopic (exact) mass is 392 g/mol. The molecule has 1 fully saturated rings. The number of hydrogen-bond acceptors (Lipinski definition) is 8.